The van der Waals surface area contributed by atoms with Crippen LogP contribution in [0.1, 0.15) is 25.8 Å². The number of ketones is 1. The third kappa shape index (κ3) is 3.18. The average Bonchev–Trinajstić information content (AvgIpc) is 2.14. The van der Waals surface area contributed by atoms with E-state index in [2.05, 4.69) is 32.0 Å². The standard InChI is InChI=1S/C12H16OS/c1-4-12(10(3)13)14-11-7-5-6-9(2)8-11/h5-8,12H,4H2,1-3H3. The van der Waals surface area contributed by atoms with Gasteiger partial charge < -0.3 is 0 Å². The third-order valence-corrected chi connectivity index (χ3v) is 3.57. The number of rotatable bonds is 4. The summed E-state index contributed by atoms with van der Waals surface area (Å²) in [5.41, 5.74) is 1.24. The summed E-state index contributed by atoms with van der Waals surface area (Å²) < 4.78 is 0. The van der Waals surface area contributed by atoms with Gasteiger partial charge in [0.25, 0.3) is 0 Å². The van der Waals surface area contributed by atoms with Crippen LogP contribution in [0.15, 0.2) is 29.2 Å². The number of hydrogen-bond donors (Lipinski definition) is 0. The smallest absolute Gasteiger partial charge is 0.143 e. The normalized spacial score (nSPS) is 12.5. The van der Waals surface area contributed by atoms with Crippen LogP contribution in [-0.4, -0.2) is 11.0 Å². The molecule has 0 aliphatic carbocycles. The maximum atomic E-state index is 11.2. The van der Waals surface area contributed by atoms with Crippen LogP contribution in [0.2, 0.25) is 0 Å². The SMILES string of the molecule is CCC(Sc1cccc(C)c1)C(C)=O. The molecular formula is C12H16OS. The Balaban J connectivity index is 2.72. The van der Waals surface area contributed by atoms with E-state index in [4.69, 9.17) is 0 Å². The van der Waals surface area contributed by atoms with Gasteiger partial charge in [0.1, 0.15) is 5.78 Å². The summed E-state index contributed by atoms with van der Waals surface area (Å²) in [4.78, 5) is 12.4. The average molecular weight is 208 g/mol. The van der Waals surface area contributed by atoms with Gasteiger partial charge in [-0.3, -0.25) is 4.79 Å². The van der Waals surface area contributed by atoms with Gasteiger partial charge in [0, 0.05) is 4.90 Å². The maximum absolute atomic E-state index is 11.2. The highest BCUT2D eigenvalue weighted by Crippen LogP contribution is 2.26. The Kier molecular flexibility index (Phi) is 4.21. The van der Waals surface area contributed by atoms with E-state index in [9.17, 15) is 4.79 Å². The molecule has 1 rings (SSSR count). The van der Waals surface area contributed by atoms with E-state index in [1.54, 1.807) is 18.7 Å². The molecular weight excluding hydrogens is 192 g/mol. The lowest BCUT2D eigenvalue weighted by molar-refractivity contribution is -0.116. The first kappa shape index (κ1) is 11.3. The number of hydrogen-bond acceptors (Lipinski definition) is 2. The number of carbonyl (C=O) groups excluding carboxylic acids is 1. The van der Waals surface area contributed by atoms with Crippen LogP contribution in [-0.2, 0) is 4.79 Å². The molecule has 0 fully saturated rings. The predicted octanol–water partition coefficient (Wildman–Crippen LogP) is 3.45. The van der Waals surface area contributed by atoms with E-state index in [1.807, 2.05) is 6.07 Å². The second-order valence-electron chi connectivity index (χ2n) is 3.44. The molecule has 0 amide bonds. The molecule has 1 atom stereocenters. The van der Waals surface area contributed by atoms with Crippen LogP contribution in [0.5, 0.6) is 0 Å². The summed E-state index contributed by atoms with van der Waals surface area (Å²) in [6.45, 7) is 5.78. The van der Waals surface area contributed by atoms with Gasteiger partial charge in [0.2, 0.25) is 0 Å². The van der Waals surface area contributed by atoms with Crippen LogP contribution >= 0.6 is 11.8 Å². The van der Waals surface area contributed by atoms with Gasteiger partial charge in [-0.05, 0) is 32.4 Å². The molecule has 0 spiro atoms. The molecule has 0 heterocycles. The van der Waals surface area contributed by atoms with Crippen LogP contribution in [0.25, 0.3) is 0 Å². The molecule has 0 saturated carbocycles. The van der Waals surface area contributed by atoms with Gasteiger partial charge in [-0.15, -0.1) is 11.8 Å². The maximum Gasteiger partial charge on any atom is 0.143 e. The molecule has 2 heteroatoms. The van der Waals surface area contributed by atoms with E-state index >= 15 is 0 Å². The Morgan fingerprint density at radius 2 is 2.21 bits per heavy atom. The Morgan fingerprint density at radius 1 is 1.50 bits per heavy atom. The van der Waals surface area contributed by atoms with Crippen molar-refractivity contribution in [2.75, 3.05) is 0 Å². The van der Waals surface area contributed by atoms with Gasteiger partial charge >= 0.3 is 0 Å². The molecule has 1 unspecified atom stereocenters. The summed E-state index contributed by atoms with van der Waals surface area (Å²) in [6, 6.07) is 8.28. The molecule has 0 aromatic heterocycles. The Labute approximate surface area is 89.9 Å². The van der Waals surface area contributed by atoms with Crippen molar-refractivity contribution >= 4 is 17.5 Å². The molecule has 0 saturated heterocycles. The van der Waals surface area contributed by atoms with Crippen molar-refractivity contribution in [1.29, 1.82) is 0 Å². The van der Waals surface area contributed by atoms with E-state index in [-0.39, 0.29) is 11.0 Å². The van der Waals surface area contributed by atoms with Gasteiger partial charge in [-0.25, -0.2) is 0 Å². The topological polar surface area (TPSA) is 17.1 Å². The first-order chi connectivity index (χ1) is 6.63. The summed E-state index contributed by atoms with van der Waals surface area (Å²) in [6.07, 6.45) is 0.897. The van der Waals surface area contributed by atoms with Crippen LogP contribution in [0, 0.1) is 6.92 Å². The van der Waals surface area contributed by atoms with Crippen molar-refractivity contribution < 1.29 is 4.79 Å². The molecule has 0 bridgehead atoms. The lowest BCUT2D eigenvalue weighted by Gasteiger charge is -2.10. The first-order valence-electron chi connectivity index (χ1n) is 4.87. The second kappa shape index (κ2) is 5.20. The van der Waals surface area contributed by atoms with Crippen LogP contribution < -0.4 is 0 Å². The van der Waals surface area contributed by atoms with E-state index in [0.29, 0.717) is 0 Å². The summed E-state index contributed by atoms with van der Waals surface area (Å²) in [5, 5.41) is 0.108. The van der Waals surface area contributed by atoms with Crippen molar-refractivity contribution in [3.8, 4) is 0 Å². The largest absolute Gasteiger partial charge is 0.299 e. The third-order valence-electron chi connectivity index (χ3n) is 2.09. The zero-order valence-corrected chi connectivity index (χ0v) is 9.73. The number of benzene rings is 1. The molecule has 0 N–H and O–H groups in total. The first-order valence-corrected chi connectivity index (χ1v) is 5.75. The monoisotopic (exact) mass is 208 g/mol. The fraction of sp³-hybridized carbons (Fsp3) is 0.417. The Bertz CT molecular complexity index is 320. The molecule has 76 valence electrons. The Hall–Kier alpha value is -0.760. The quantitative estimate of drug-likeness (QED) is 0.705. The number of thioether (sulfide) groups is 1. The molecule has 0 aliphatic heterocycles. The summed E-state index contributed by atoms with van der Waals surface area (Å²) >= 11 is 1.66. The van der Waals surface area contributed by atoms with Crippen molar-refractivity contribution in [2.24, 2.45) is 0 Å². The molecule has 1 nitrogen and oxygen atoms in total. The minimum Gasteiger partial charge on any atom is -0.299 e. The molecule has 0 radical (unpaired) electrons. The number of aryl methyl sites for hydroxylation is 1. The lowest BCUT2D eigenvalue weighted by atomic mass is 10.2. The molecule has 1 aromatic carbocycles. The fourth-order valence-corrected chi connectivity index (χ4v) is 2.38. The van der Waals surface area contributed by atoms with E-state index in [1.165, 1.54) is 10.5 Å². The van der Waals surface area contributed by atoms with Crippen molar-refractivity contribution in [3.05, 3.63) is 29.8 Å². The van der Waals surface area contributed by atoms with Crippen molar-refractivity contribution in [2.45, 2.75) is 37.3 Å². The lowest BCUT2D eigenvalue weighted by Crippen LogP contribution is -2.11. The molecule has 1 aromatic rings. The van der Waals surface area contributed by atoms with E-state index in [0.717, 1.165) is 6.42 Å². The number of Topliss-reactive ketones (excluding diaryl/α,β-unsaturated/α-hetero) is 1. The minimum absolute atomic E-state index is 0.108. The highest BCUT2D eigenvalue weighted by atomic mass is 32.2. The van der Waals surface area contributed by atoms with Gasteiger partial charge in [0.05, 0.1) is 5.25 Å². The van der Waals surface area contributed by atoms with Crippen molar-refractivity contribution in [3.63, 3.8) is 0 Å². The fourth-order valence-electron chi connectivity index (χ4n) is 1.31. The minimum atomic E-state index is 0.108. The highest BCUT2D eigenvalue weighted by Gasteiger charge is 2.12. The summed E-state index contributed by atoms with van der Waals surface area (Å²) in [7, 11) is 0. The molecule has 14 heavy (non-hydrogen) atoms. The van der Waals surface area contributed by atoms with Crippen LogP contribution in [0.4, 0.5) is 0 Å². The van der Waals surface area contributed by atoms with Crippen LogP contribution in [0.3, 0.4) is 0 Å². The summed E-state index contributed by atoms with van der Waals surface area (Å²) in [5.74, 6) is 0.263. The zero-order valence-electron chi connectivity index (χ0n) is 8.91. The zero-order chi connectivity index (χ0) is 10.6. The van der Waals surface area contributed by atoms with E-state index < -0.39 is 0 Å². The predicted molar refractivity (Wildman–Crippen MR) is 61.8 cm³/mol. The second-order valence-corrected chi connectivity index (χ2v) is 4.72. The van der Waals surface area contributed by atoms with Crippen molar-refractivity contribution in [1.82, 2.24) is 0 Å². The van der Waals surface area contributed by atoms with Gasteiger partial charge in [0.15, 0.2) is 0 Å². The molecule has 0 aliphatic rings. The highest BCUT2D eigenvalue weighted by molar-refractivity contribution is 8.00. The van der Waals surface area contributed by atoms with Gasteiger partial charge in [-0.1, -0.05) is 24.6 Å². The van der Waals surface area contributed by atoms with Gasteiger partial charge in [-0.2, -0.15) is 0 Å². The Morgan fingerprint density at radius 3 is 2.71 bits per heavy atom. The number of carbonyl (C=O) groups is 1.